The molecule has 2 aromatic rings. The van der Waals surface area contributed by atoms with Crippen LogP contribution in [0.1, 0.15) is 19.3 Å². The summed E-state index contributed by atoms with van der Waals surface area (Å²) in [6, 6.07) is 0.363. The van der Waals surface area contributed by atoms with E-state index in [1.54, 1.807) is 4.57 Å². The topological polar surface area (TPSA) is 108 Å². The van der Waals surface area contributed by atoms with Crippen molar-refractivity contribution in [2.45, 2.75) is 31.8 Å². The van der Waals surface area contributed by atoms with Crippen LogP contribution < -0.4 is 15.8 Å². The zero-order valence-electron chi connectivity index (χ0n) is 11.2. The van der Waals surface area contributed by atoms with Crippen LogP contribution in [0, 0.1) is 0 Å². The number of hydrogen-bond donors (Lipinski definition) is 2. The average Bonchev–Trinajstić information content (AvgIpc) is 3.18. The van der Waals surface area contributed by atoms with Crippen molar-refractivity contribution in [3.8, 4) is 5.88 Å². The molecule has 1 aliphatic carbocycles. The molecule has 1 amide bonds. The normalized spacial score (nSPS) is 14.4. The van der Waals surface area contributed by atoms with Crippen molar-refractivity contribution in [2.24, 2.45) is 0 Å². The molecular weight excluding hydrogens is 260 g/mol. The first kappa shape index (κ1) is 12.6. The molecule has 0 aliphatic heterocycles. The Hall–Kier alpha value is -2.38. The maximum absolute atomic E-state index is 11.7. The van der Waals surface area contributed by atoms with Gasteiger partial charge >= 0.3 is 0 Å². The summed E-state index contributed by atoms with van der Waals surface area (Å²) in [4.78, 5) is 24.0. The maximum atomic E-state index is 11.7. The quantitative estimate of drug-likeness (QED) is 0.801. The molecule has 3 N–H and O–H groups in total. The van der Waals surface area contributed by atoms with E-state index in [1.165, 1.54) is 13.4 Å². The summed E-state index contributed by atoms with van der Waals surface area (Å²) in [6.45, 7) is 0.432. The van der Waals surface area contributed by atoms with Gasteiger partial charge in [0, 0.05) is 19.0 Å². The van der Waals surface area contributed by atoms with E-state index in [-0.39, 0.29) is 5.91 Å². The molecule has 0 spiro atoms. The smallest absolute Gasteiger partial charge is 0.245 e. The van der Waals surface area contributed by atoms with Gasteiger partial charge in [-0.3, -0.25) is 9.36 Å². The minimum Gasteiger partial charge on any atom is -0.479 e. The summed E-state index contributed by atoms with van der Waals surface area (Å²) in [5.74, 6) is 0.704. The highest BCUT2D eigenvalue weighted by molar-refractivity contribution is 5.80. The van der Waals surface area contributed by atoms with Gasteiger partial charge in [0.1, 0.15) is 6.33 Å². The van der Waals surface area contributed by atoms with E-state index in [1.807, 2.05) is 0 Å². The fraction of sp³-hybridized carbons (Fsp3) is 0.500. The van der Waals surface area contributed by atoms with Crippen molar-refractivity contribution in [3.63, 3.8) is 0 Å². The number of imidazole rings is 1. The number of nitrogen functional groups attached to an aromatic ring is 1. The van der Waals surface area contributed by atoms with Gasteiger partial charge in [-0.1, -0.05) is 0 Å². The van der Waals surface area contributed by atoms with E-state index >= 15 is 0 Å². The molecule has 106 valence electrons. The highest BCUT2D eigenvalue weighted by Crippen LogP contribution is 2.23. The SMILES string of the molecule is COc1ncnc2c1nc(N)n2CCC(=O)NC1CC1. The Morgan fingerprint density at radius 2 is 2.35 bits per heavy atom. The zero-order chi connectivity index (χ0) is 14.1. The predicted molar refractivity (Wildman–Crippen MR) is 72.1 cm³/mol. The lowest BCUT2D eigenvalue weighted by Crippen LogP contribution is -2.26. The Kier molecular flexibility index (Phi) is 3.13. The molecule has 0 bridgehead atoms. The van der Waals surface area contributed by atoms with Crippen molar-refractivity contribution >= 4 is 23.0 Å². The number of fused-ring (bicyclic) bond motifs is 1. The first-order chi connectivity index (χ1) is 9.69. The van der Waals surface area contributed by atoms with E-state index in [4.69, 9.17) is 10.5 Å². The molecule has 2 aromatic heterocycles. The van der Waals surface area contributed by atoms with Gasteiger partial charge in [0.25, 0.3) is 0 Å². The Morgan fingerprint density at radius 1 is 1.55 bits per heavy atom. The Morgan fingerprint density at radius 3 is 3.05 bits per heavy atom. The fourth-order valence-electron chi connectivity index (χ4n) is 2.04. The van der Waals surface area contributed by atoms with Crippen LogP contribution in [0.25, 0.3) is 11.2 Å². The van der Waals surface area contributed by atoms with Gasteiger partial charge in [0.05, 0.1) is 7.11 Å². The number of nitrogens with one attached hydrogen (secondary N) is 1. The van der Waals surface area contributed by atoms with Crippen LogP contribution in [0.5, 0.6) is 5.88 Å². The van der Waals surface area contributed by atoms with Crippen LogP contribution in [0.15, 0.2) is 6.33 Å². The highest BCUT2D eigenvalue weighted by atomic mass is 16.5. The predicted octanol–water partition coefficient (Wildman–Crippen LogP) is 0.0858. The van der Waals surface area contributed by atoms with Gasteiger partial charge in [0.2, 0.25) is 17.7 Å². The van der Waals surface area contributed by atoms with E-state index in [2.05, 4.69) is 20.3 Å². The molecule has 20 heavy (non-hydrogen) atoms. The molecule has 8 nitrogen and oxygen atoms in total. The second-order valence-corrected chi connectivity index (χ2v) is 4.77. The number of carbonyl (C=O) groups is 1. The Bertz CT molecular complexity index is 649. The molecule has 0 unspecified atom stereocenters. The molecular formula is C12H16N6O2. The minimum absolute atomic E-state index is 0.0229. The summed E-state index contributed by atoms with van der Waals surface area (Å²) in [7, 11) is 1.51. The second-order valence-electron chi connectivity index (χ2n) is 4.77. The van der Waals surface area contributed by atoms with Gasteiger partial charge in [0.15, 0.2) is 11.2 Å². The summed E-state index contributed by atoms with van der Waals surface area (Å²) in [5.41, 5.74) is 6.96. The number of hydrogen-bond acceptors (Lipinski definition) is 6. The number of amides is 1. The van der Waals surface area contributed by atoms with Crippen LogP contribution in [-0.2, 0) is 11.3 Å². The largest absolute Gasteiger partial charge is 0.479 e. The van der Waals surface area contributed by atoms with Crippen LogP contribution in [0.2, 0.25) is 0 Å². The summed E-state index contributed by atoms with van der Waals surface area (Å²) in [6.07, 6.45) is 3.89. The summed E-state index contributed by atoms with van der Waals surface area (Å²) < 4.78 is 6.82. The van der Waals surface area contributed by atoms with Crippen molar-refractivity contribution in [2.75, 3.05) is 12.8 Å². The lowest BCUT2D eigenvalue weighted by molar-refractivity contribution is -0.121. The number of ether oxygens (including phenoxy) is 1. The van der Waals surface area contributed by atoms with Crippen LogP contribution in [-0.4, -0.2) is 38.6 Å². The molecule has 0 atom stereocenters. The number of nitrogens with zero attached hydrogens (tertiary/aromatic N) is 4. The molecule has 3 rings (SSSR count). The first-order valence-electron chi connectivity index (χ1n) is 6.49. The number of anilines is 1. The van der Waals surface area contributed by atoms with Gasteiger partial charge in [-0.25, -0.2) is 9.97 Å². The number of aryl methyl sites for hydroxylation is 1. The van der Waals surface area contributed by atoms with Gasteiger partial charge in [-0.2, -0.15) is 4.98 Å². The molecule has 0 radical (unpaired) electrons. The third-order valence-corrected chi connectivity index (χ3v) is 3.23. The fourth-order valence-corrected chi connectivity index (χ4v) is 2.04. The van der Waals surface area contributed by atoms with E-state index in [0.29, 0.717) is 42.0 Å². The van der Waals surface area contributed by atoms with Gasteiger partial charge in [-0.05, 0) is 12.8 Å². The van der Waals surface area contributed by atoms with E-state index < -0.39 is 0 Å². The van der Waals surface area contributed by atoms with Crippen LogP contribution in [0.3, 0.4) is 0 Å². The molecule has 8 heteroatoms. The number of methoxy groups -OCH3 is 1. The molecule has 0 aromatic carbocycles. The second kappa shape index (κ2) is 4.95. The lowest BCUT2D eigenvalue weighted by atomic mass is 10.4. The third kappa shape index (κ3) is 2.36. The third-order valence-electron chi connectivity index (χ3n) is 3.23. The monoisotopic (exact) mass is 276 g/mol. The van der Waals surface area contributed by atoms with E-state index in [9.17, 15) is 4.79 Å². The van der Waals surface area contributed by atoms with Crippen molar-refractivity contribution in [3.05, 3.63) is 6.33 Å². The Labute approximate surface area is 115 Å². The molecule has 1 aliphatic rings. The van der Waals surface area contributed by atoms with Crippen molar-refractivity contribution in [1.29, 1.82) is 0 Å². The number of rotatable bonds is 5. The average molecular weight is 276 g/mol. The van der Waals surface area contributed by atoms with Crippen molar-refractivity contribution < 1.29 is 9.53 Å². The molecule has 1 saturated carbocycles. The Balaban J connectivity index is 1.79. The molecule has 1 fully saturated rings. The summed E-state index contributed by atoms with van der Waals surface area (Å²) >= 11 is 0. The first-order valence-corrected chi connectivity index (χ1v) is 6.49. The lowest BCUT2D eigenvalue weighted by Gasteiger charge is -2.06. The van der Waals surface area contributed by atoms with Crippen LogP contribution >= 0.6 is 0 Å². The van der Waals surface area contributed by atoms with Crippen molar-refractivity contribution in [1.82, 2.24) is 24.8 Å². The van der Waals surface area contributed by atoms with Gasteiger partial charge in [-0.15, -0.1) is 0 Å². The maximum Gasteiger partial charge on any atom is 0.245 e. The number of nitrogens with two attached hydrogens (primary N) is 1. The standard InChI is InChI=1S/C12H16N6O2/c1-20-11-9-10(14-6-15-11)18(12(13)17-9)5-4-8(19)16-7-2-3-7/h6-7H,2-5H2,1H3,(H2,13,17)(H,16,19). The van der Waals surface area contributed by atoms with Gasteiger partial charge < -0.3 is 15.8 Å². The number of carbonyl (C=O) groups excluding carboxylic acids is 1. The minimum atomic E-state index is 0.0229. The zero-order valence-corrected chi connectivity index (χ0v) is 11.2. The van der Waals surface area contributed by atoms with Crippen LogP contribution in [0.4, 0.5) is 5.95 Å². The molecule has 2 heterocycles. The van der Waals surface area contributed by atoms with E-state index in [0.717, 1.165) is 12.8 Å². The molecule has 0 saturated heterocycles. The highest BCUT2D eigenvalue weighted by Gasteiger charge is 2.23. The number of aromatic nitrogens is 4. The summed E-state index contributed by atoms with van der Waals surface area (Å²) in [5, 5.41) is 2.94.